The predicted octanol–water partition coefficient (Wildman–Crippen LogP) is 7.77. The number of pyridine rings is 1. The van der Waals surface area contributed by atoms with Crippen LogP contribution in [0.4, 0.5) is 0 Å². The van der Waals surface area contributed by atoms with E-state index in [2.05, 4.69) is 54.3 Å². The van der Waals surface area contributed by atoms with Gasteiger partial charge >= 0.3 is 5.97 Å². The molecule has 0 saturated carbocycles. The summed E-state index contributed by atoms with van der Waals surface area (Å²) in [6, 6.07) is 19.6. The monoisotopic (exact) mass is 1040 g/mol. The van der Waals surface area contributed by atoms with Gasteiger partial charge in [0, 0.05) is 80.9 Å². The van der Waals surface area contributed by atoms with E-state index >= 15 is 4.79 Å². The SMILES string of the molecule is CC/C(=C\C(=O)N1CC[C@H](C(=O)N(C)[C@H](C(=O)N[C@H]2Cc3cc(O)cc(c3)-c3ccc4c(c3)c(c(-c3cccnc3[C@H](C)OC)n4CC)CC(C)(C)COC(=O)[C@H]3NN(Cc4ccccc43)C2=O)C(C)C)C1)CN(C)C. The van der Waals surface area contributed by atoms with Gasteiger partial charge in [0.25, 0.3) is 5.91 Å². The Bertz CT molecular complexity index is 3030. The number of cyclic esters (lactones) is 1. The Kier molecular flexibility index (Phi) is 16.9. The number of nitrogens with one attached hydrogen (secondary N) is 2. The molecule has 3 aliphatic heterocycles. The molecule has 4 amide bonds. The highest BCUT2D eigenvalue weighted by Gasteiger charge is 2.41. The zero-order chi connectivity index (χ0) is 54.7. The number of hydrogen-bond acceptors (Lipinski definition) is 11. The molecular weight excluding hydrogens is 961 g/mol. The van der Waals surface area contributed by atoms with Gasteiger partial charge in [-0.05, 0) is 123 Å². The van der Waals surface area contributed by atoms with Gasteiger partial charge in [0.1, 0.15) is 23.9 Å². The number of ether oxygens (including phenoxy) is 2. The van der Waals surface area contributed by atoms with Crippen LogP contribution >= 0.6 is 0 Å². The van der Waals surface area contributed by atoms with E-state index in [0.29, 0.717) is 49.2 Å². The number of aromatic nitrogens is 2. The van der Waals surface area contributed by atoms with Crippen LogP contribution in [0.15, 0.2) is 90.6 Å². The fourth-order valence-electron chi connectivity index (χ4n) is 11.4. The number of methoxy groups -OCH3 is 1. The Morgan fingerprint density at radius 1 is 1.00 bits per heavy atom. The Hall–Kier alpha value is -6.88. The molecule has 16 heteroatoms. The van der Waals surface area contributed by atoms with Crippen molar-refractivity contribution in [2.75, 3.05) is 54.5 Å². The third kappa shape index (κ3) is 11.7. The van der Waals surface area contributed by atoms with Gasteiger partial charge in [0.05, 0.1) is 36.6 Å². The average Bonchev–Trinajstić information content (AvgIpc) is 4.01. The molecule has 2 aromatic heterocycles. The molecule has 3 N–H and O–H groups in total. The van der Waals surface area contributed by atoms with E-state index in [9.17, 15) is 24.3 Å². The molecule has 16 nitrogen and oxygen atoms in total. The highest BCUT2D eigenvalue weighted by molar-refractivity contribution is 5.96. The van der Waals surface area contributed by atoms with Gasteiger partial charge in [-0.25, -0.2) is 10.2 Å². The van der Waals surface area contributed by atoms with Gasteiger partial charge < -0.3 is 39.2 Å². The van der Waals surface area contributed by atoms with E-state index < -0.39 is 47.2 Å². The van der Waals surface area contributed by atoms with Crippen LogP contribution in [0, 0.1) is 17.3 Å². The summed E-state index contributed by atoms with van der Waals surface area (Å²) < 4.78 is 14.4. The molecule has 8 rings (SSSR count). The molecule has 1 fully saturated rings. The van der Waals surface area contributed by atoms with Crippen molar-refractivity contribution in [3.63, 3.8) is 0 Å². The van der Waals surface area contributed by atoms with Crippen LogP contribution in [0.3, 0.4) is 0 Å². The van der Waals surface area contributed by atoms with E-state index in [-0.39, 0.29) is 55.7 Å². The molecule has 0 radical (unpaired) electrons. The summed E-state index contributed by atoms with van der Waals surface area (Å²) in [5.74, 6) is -2.97. The molecule has 0 aliphatic carbocycles. The van der Waals surface area contributed by atoms with Crippen LogP contribution in [0.2, 0.25) is 0 Å². The number of likely N-dealkylation sites (tertiary alicyclic amines) is 1. The number of amides is 4. The number of rotatable bonds is 13. The Balaban J connectivity index is 1.19. The quantitative estimate of drug-likeness (QED) is 0.0775. The van der Waals surface area contributed by atoms with Gasteiger partial charge in [-0.1, -0.05) is 76.6 Å². The highest BCUT2D eigenvalue weighted by Crippen LogP contribution is 2.42. The van der Waals surface area contributed by atoms with Crippen LogP contribution in [0.5, 0.6) is 5.75 Å². The van der Waals surface area contributed by atoms with E-state index in [0.717, 1.165) is 56.5 Å². The van der Waals surface area contributed by atoms with Crippen molar-refractivity contribution in [3.8, 4) is 28.1 Å². The Labute approximate surface area is 447 Å². The third-order valence-corrected chi connectivity index (χ3v) is 15.2. The maximum Gasteiger partial charge on any atom is 0.329 e. The molecule has 3 aromatic carbocycles. The smallest absolute Gasteiger partial charge is 0.329 e. The number of phenols is 1. The van der Waals surface area contributed by atoms with Crippen molar-refractivity contribution in [3.05, 3.63) is 119 Å². The predicted molar refractivity (Wildman–Crippen MR) is 293 cm³/mol. The largest absolute Gasteiger partial charge is 0.508 e. The Morgan fingerprint density at radius 2 is 1.76 bits per heavy atom. The zero-order valence-electron chi connectivity index (χ0n) is 46.1. The lowest BCUT2D eigenvalue weighted by Crippen LogP contribution is -2.60. The standard InChI is InChI=1S/C60H76N8O8/c1-12-38(32-64(8)9)28-51(70)66-24-22-42(33-66)57(72)65(10)54(36(3)4)56(71)62-49-27-39-25-43(29-44(69)26-39)40-20-21-50-47(30-40)48(55(67(50)13-2)46-19-16-23-61-52(46)37(5)75-11)31-60(6,7)35-76-59(74)53-45-18-15-14-17-41(45)34-68(63-53)58(49)73/h14-21,23,25-26,28-30,36-37,42,49,53-54,63,69H,12-13,22,24,27,31-35H2,1-11H3,(H,62,71)/b38-28+/t37-,42-,49-,53-,54-/m0/s1. The molecular formula is C60H76N8O8. The maximum absolute atomic E-state index is 15.2. The van der Waals surface area contributed by atoms with Crippen LogP contribution < -0.4 is 10.7 Å². The minimum Gasteiger partial charge on any atom is -0.508 e. The minimum atomic E-state index is -1.24. The first-order chi connectivity index (χ1) is 36.2. The van der Waals surface area contributed by atoms with Crippen molar-refractivity contribution in [2.45, 2.75) is 111 Å². The van der Waals surface area contributed by atoms with Gasteiger partial charge in [-0.3, -0.25) is 29.2 Å². The number of fused-ring (bicyclic) bond motifs is 8. The van der Waals surface area contributed by atoms with Crippen molar-refractivity contribution < 1.29 is 38.6 Å². The lowest BCUT2D eigenvalue weighted by molar-refractivity contribution is -0.155. The lowest BCUT2D eigenvalue weighted by atomic mass is 9.84. The van der Waals surface area contributed by atoms with Gasteiger partial charge in [-0.2, -0.15) is 0 Å². The molecule has 5 atom stereocenters. The molecule has 3 aliphatic rings. The number of aryl methyl sites for hydroxylation is 1. The number of carbonyl (C=O) groups excluding carboxylic acids is 5. The van der Waals surface area contributed by atoms with Crippen LogP contribution in [0.1, 0.15) is 101 Å². The van der Waals surface area contributed by atoms with Gasteiger partial charge in [-0.15, -0.1) is 0 Å². The Morgan fingerprint density at radius 3 is 2.47 bits per heavy atom. The van der Waals surface area contributed by atoms with E-state index in [1.807, 2.05) is 89.2 Å². The number of nitrogens with zero attached hydrogens (tertiary/aromatic N) is 6. The first-order valence-electron chi connectivity index (χ1n) is 26.7. The molecule has 6 bridgehead atoms. The summed E-state index contributed by atoms with van der Waals surface area (Å²) in [7, 11) is 7.19. The van der Waals surface area contributed by atoms with E-state index in [4.69, 9.17) is 14.5 Å². The summed E-state index contributed by atoms with van der Waals surface area (Å²) in [5.41, 5.74) is 11.8. The molecule has 0 unspecified atom stereocenters. The van der Waals surface area contributed by atoms with Gasteiger partial charge in [0.15, 0.2) is 0 Å². The van der Waals surface area contributed by atoms with Gasteiger partial charge in [0.2, 0.25) is 17.7 Å². The number of esters is 1. The summed E-state index contributed by atoms with van der Waals surface area (Å²) in [6.45, 7) is 16.0. The van der Waals surface area contributed by atoms with Crippen molar-refractivity contribution >= 4 is 40.5 Å². The van der Waals surface area contributed by atoms with Crippen molar-refractivity contribution in [1.82, 2.24) is 40.0 Å². The molecule has 404 valence electrons. The molecule has 5 heterocycles. The van der Waals surface area contributed by atoms with Crippen LogP contribution in [0.25, 0.3) is 33.3 Å². The number of hydrogen-bond donors (Lipinski definition) is 3. The van der Waals surface area contributed by atoms with Crippen molar-refractivity contribution in [2.24, 2.45) is 17.3 Å². The number of benzene rings is 3. The van der Waals surface area contributed by atoms with Crippen LogP contribution in [-0.4, -0.2) is 131 Å². The highest BCUT2D eigenvalue weighted by atomic mass is 16.5. The second-order valence-electron chi connectivity index (χ2n) is 22.2. The summed E-state index contributed by atoms with van der Waals surface area (Å²) >= 11 is 0. The number of likely N-dealkylation sites (N-methyl/N-ethyl adjacent to an activating group) is 2. The van der Waals surface area contributed by atoms with Crippen LogP contribution in [-0.2, 0) is 59.4 Å². The second kappa shape index (κ2) is 23.2. The van der Waals surface area contributed by atoms with E-state index in [1.165, 1.54) is 9.91 Å². The number of phenolic OH excluding ortho intramolecular Hbond substituents is 1. The fraction of sp³-hybridized carbons (Fsp3) is 0.467. The zero-order valence-corrected chi connectivity index (χ0v) is 46.1. The maximum atomic E-state index is 15.2. The first kappa shape index (κ1) is 55.4. The summed E-state index contributed by atoms with van der Waals surface area (Å²) in [6.07, 6.45) is 4.78. The summed E-state index contributed by atoms with van der Waals surface area (Å²) in [5, 5.41) is 16.9. The minimum absolute atomic E-state index is 0.0253. The lowest BCUT2D eigenvalue weighted by Gasteiger charge is -2.38. The fourth-order valence-corrected chi connectivity index (χ4v) is 11.4. The molecule has 0 spiro atoms. The molecule has 5 aromatic rings. The molecule has 1 saturated heterocycles. The molecule has 76 heavy (non-hydrogen) atoms. The number of carbonyl (C=O) groups is 5. The first-order valence-corrected chi connectivity index (χ1v) is 26.7. The normalized spacial score (nSPS) is 19.8. The number of aromatic hydroxyl groups is 1. The van der Waals surface area contributed by atoms with Crippen molar-refractivity contribution in [1.29, 1.82) is 0 Å². The second-order valence-corrected chi connectivity index (χ2v) is 22.2. The van der Waals surface area contributed by atoms with E-state index in [1.54, 1.807) is 43.5 Å². The number of hydrazine groups is 1. The average molecular weight is 1040 g/mol. The third-order valence-electron chi connectivity index (χ3n) is 15.2. The summed E-state index contributed by atoms with van der Waals surface area (Å²) in [4.78, 5) is 82.5. The topological polar surface area (TPSA) is 179 Å².